The summed E-state index contributed by atoms with van der Waals surface area (Å²) >= 11 is 0. The Bertz CT molecular complexity index is 971. The maximum Gasteiger partial charge on any atom is 0.325 e. The number of carbonyl (C=O) groups excluding carboxylic acids is 4. The second kappa shape index (κ2) is 8.27. The lowest BCUT2D eigenvalue weighted by molar-refractivity contribution is -0.134. The quantitative estimate of drug-likeness (QED) is 0.497. The van der Waals surface area contributed by atoms with Crippen LogP contribution in [0.4, 0.5) is 9.59 Å². The summed E-state index contributed by atoms with van der Waals surface area (Å²) in [7, 11) is 1.48. The molecule has 1 atom stereocenters. The van der Waals surface area contributed by atoms with Gasteiger partial charge in [-0.3, -0.25) is 19.8 Å². The van der Waals surface area contributed by atoms with Gasteiger partial charge in [-0.05, 0) is 23.3 Å². The summed E-state index contributed by atoms with van der Waals surface area (Å²) in [6.45, 7) is 1.54. The number of nitrogens with one attached hydrogen (secondary N) is 3. The van der Waals surface area contributed by atoms with E-state index in [2.05, 4.69) is 16.0 Å². The van der Waals surface area contributed by atoms with E-state index < -0.39 is 36.0 Å². The van der Waals surface area contributed by atoms with E-state index >= 15 is 0 Å². The number of carbonyl (C=O) groups is 4. The van der Waals surface area contributed by atoms with Crippen molar-refractivity contribution in [3.63, 3.8) is 0 Å². The highest BCUT2D eigenvalue weighted by Gasteiger charge is 2.50. The first-order valence-corrected chi connectivity index (χ1v) is 9.06. The largest absolute Gasteiger partial charge is 0.383 e. The van der Waals surface area contributed by atoms with Gasteiger partial charge >= 0.3 is 12.1 Å². The summed E-state index contributed by atoms with van der Waals surface area (Å²) in [4.78, 5) is 50.1. The van der Waals surface area contributed by atoms with Gasteiger partial charge < -0.3 is 15.4 Å². The van der Waals surface area contributed by atoms with Crippen molar-refractivity contribution < 1.29 is 23.9 Å². The number of rotatable bonds is 6. The molecule has 6 amide bonds. The van der Waals surface area contributed by atoms with Gasteiger partial charge in [0.05, 0.1) is 6.61 Å². The van der Waals surface area contributed by atoms with E-state index in [9.17, 15) is 19.2 Å². The zero-order chi connectivity index (χ0) is 21.0. The number of urea groups is 2. The zero-order valence-electron chi connectivity index (χ0n) is 16.2. The van der Waals surface area contributed by atoms with E-state index in [0.29, 0.717) is 5.56 Å². The average molecular weight is 398 g/mol. The summed E-state index contributed by atoms with van der Waals surface area (Å²) in [5, 5.41) is 8.95. The van der Waals surface area contributed by atoms with Crippen molar-refractivity contribution >= 4 is 34.6 Å². The fourth-order valence-corrected chi connectivity index (χ4v) is 3.31. The molecule has 1 heterocycles. The van der Waals surface area contributed by atoms with E-state index in [4.69, 9.17) is 4.74 Å². The van der Waals surface area contributed by atoms with Crippen molar-refractivity contribution in [2.75, 3.05) is 26.8 Å². The average Bonchev–Trinajstić information content (AvgIpc) is 2.91. The van der Waals surface area contributed by atoms with Crippen LogP contribution < -0.4 is 16.0 Å². The van der Waals surface area contributed by atoms with Gasteiger partial charge in [0.25, 0.3) is 5.91 Å². The van der Waals surface area contributed by atoms with E-state index in [1.165, 1.54) is 7.11 Å². The van der Waals surface area contributed by atoms with Crippen LogP contribution >= 0.6 is 0 Å². The van der Waals surface area contributed by atoms with Crippen LogP contribution in [0.5, 0.6) is 0 Å². The molecule has 29 heavy (non-hydrogen) atoms. The number of ether oxygens (including phenoxy) is 1. The van der Waals surface area contributed by atoms with Crippen LogP contribution in [-0.2, 0) is 19.9 Å². The monoisotopic (exact) mass is 398 g/mol. The Morgan fingerprint density at radius 3 is 2.62 bits per heavy atom. The standard InChI is InChI=1S/C20H22N4O5/c1-20(15-9-5-7-13-6-3-4-8-14(13)15)17(26)24(19(28)23-20)12-16(25)22-18(27)21-10-11-29-2/h3-9H,10-12H2,1-2H3,(H,23,28)(H2,21,22,25,27). The van der Waals surface area contributed by atoms with Crippen molar-refractivity contribution in [2.24, 2.45) is 0 Å². The third-order valence-electron chi connectivity index (χ3n) is 4.75. The van der Waals surface area contributed by atoms with Crippen molar-refractivity contribution in [1.82, 2.24) is 20.9 Å². The van der Waals surface area contributed by atoms with Gasteiger partial charge in [-0.15, -0.1) is 0 Å². The zero-order valence-corrected chi connectivity index (χ0v) is 16.2. The van der Waals surface area contributed by atoms with E-state index in [1.807, 2.05) is 36.4 Å². The summed E-state index contributed by atoms with van der Waals surface area (Å²) in [6.07, 6.45) is 0. The molecular weight excluding hydrogens is 376 g/mol. The number of hydrogen-bond acceptors (Lipinski definition) is 5. The summed E-state index contributed by atoms with van der Waals surface area (Å²) < 4.78 is 4.80. The van der Waals surface area contributed by atoms with Crippen molar-refractivity contribution in [3.8, 4) is 0 Å². The molecule has 1 aliphatic rings. The van der Waals surface area contributed by atoms with Crippen molar-refractivity contribution in [3.05, 3.63) is 48.0 Å². The van der Waals surface area contributed by atoms with Crippen LogP contribution in [0.15, 0.2) is 42.5 Å². The molecule has 3 N–H and O–H groups in total. The summed E-state index contributed by atoms with van der Waals surface area (Å²) in [6, 6.07) is 11.6. The maximum absolute atomic E-state index is 13.1. The van der Waals surface area contributed by atoms with Gasteiger partial charge in [0, 0.05) is 13.7 Å². The molecule has 0 aliphatic carbocycles. The minimum atomic E-state index is -1.32. The second-order valence-corrected chi connectivity index (χ2v) is 6.77. The molecule has 1 saturated heterocycles. The van der Waals surface area contributed by atoms with Crippen LogP contribution in [0.25, 0.3) is 10.8 Å². The molecule has 1 fully saturated rings. The Morgan fingerprint density at radius 2 is 1.86 bits per heavy atom. The fourth-order valence-electron chi connectivity index (χ4n) is 3.31. The van der Waals surface area contributed by atoms with Gasteiger partial charge in [0.2, 0.25) is 5.91 Å². The predicted molar refractivity (Wildman–Crippen MR) is 105 cm³/mol. The van der Waals surface area contributed by atoms with Gasteiger partial charge in [-0.1, -0.05) is 42.5 Å². The molecule has 2 aromatic rings. The molecule has 9 heteroatoms. The summed E-state index contributed by atoms with van der Waals surface area (Å²) in [5.74, 6) is -1.33. The molecule has 0 radical (unpaired) electrons. The highest BCUT2D eigenvalue weighted by atomic mass is 16.5. The minimum Gasteiger partial charge on any atom is -0.383 e. The lowest BCUT2D eigenvalue weighted by Gasteiger charge is -2.24. The molecule has 0 aromatic heterocycles. The number of hydrogen-bond donors (Lipinski definition) is 3. The van der Waals surface area contributed by atoms with Crippen LogP contribution in [0.2, 0.25) is 0 Å². The normalized spacial score (nSPS) is 18.6. The van der Waals surface area contributed by atoms with Crippen LogP contribution in [0, 0.1) is 0 Å². The first kappa shape index (κ1) is 20.3. The Hall–Kier alpha value is -3.46. The molecule has 0 bridgehead atoms. The number of imide groups is 2. The van der Waals surface area contributed by atoms with E-state index in [-0.39, 0.29) is 13.2 Å². The molecule has 2 aromatic carbocycles. The van der Waals surface area contributed by atoms with Crippen LogP contribution in [0.1, 0.15) is 12.5 Å². The number of nitrogens with zero attached hydrogens (tertiary/aromatic N) is 1. The highest BCUT2D eigenvalue weighted by molar-refractivity contribution is 6.11. The molecular formula is C20H22N4O5. The minimum absolute atomic E-state index is 0.220. The van der Waals surface area contributed by atoms with E-state index in [0.717, 1.165) is 15.7 Å². The van der Waals surface area contributed by atoms with Crippen molar-refractivity contribution in [1.29, 1.82) is 0 Å². The Morgan fingerprint density at radius 1 is 1.14 bits per heavy atom. The molecule has 1 aliphatic heterocycles. The predicted octanol–water partition coefficient (Wildman–Crippen LogP) is 1.08. The van der Waals surface area contributed by atoms with E-state index in [1.54, 1.807) is 13.0 Å². The molecule has 3 rings (SSSR count). The SMILES string of the molecule is COCCNC(=O)NC(=O)CN1C(=O)NC(C)(c2cccc3ccccc23)C1=O. The Balaban J connectivity index is 1.75. The molecule has 152 valence electrons. The first-order valence-electron chi connectivity index (χ1n) is 9.06. The molecule has 0 spiro atoms. The number of amides is 6. The second-order valence-electron chi connectivity index (χ2n) is 6.77. The molecule has 9 nitrogen and oxygen atoms in total. The van der Waals surface area contributed by atoms with Crippen molar-refractivity contribution in [2.45, 2.75) is 12.5 Å². The van der Waals surface area contributed by atoms with Crippen LogP contribution in [-0.4, -0.2) is 55.6 Å². The lowest BCUT2D eigenvalue weighted by atomic mass is 9.88. The number of fused-ring (bicyclic) bond motifs is 1. The third-order valence-corrected chi connectivity index (χ3v) is 4.75. The maximum atomic E-state index is 13.1. The van der Waals surface area contributed by atoms with Gasteiger partial charge in [-0.25, -0.2) is 9.59 Å². The smallest absolute Gasteiger partial charge is 0.325 e. The van der Waals surface area contributed by atoms with Gasteiger partial charge in [0.1, 0.15) is 12.1 Å². The highest BCUT2D eigenvalue weighted by Crippen LogP contribution is 2.33. The topological polar surface area (TPSA) is 117 Å². The lowest BCUT2D eigenvalue weighted by Crippen LogP contribution is -2.47. The molecule has 0 saturated carbocycles. The van der Waals surface area contributed by atoms with Gasteiger partial charge in [0.15, 0.2) is 0 Å². The molecule has 1 unspecified atom stereocenters. The number of benzene rings is 2. The third kappa shape index (κ3) is 4.04. The van der Waals surface area contributed by atoms with Gasteiger partial charge in [-0.2, -0.15) is 0 Å². The first-order chi connectivity index (χ1) is 13.9. The number of methoxy groups -OCH3 is 1. The Labute approximate surface area is 167 Å². The summed E-state index contributed by atoms with van der Waals surface area (Å²) in [5.41, 5.74) is -0.687. The fraction of sp³-hybridized carbons (Fsp3) is 0.300. The van der Waals surface area contributed by atoms with Crippen LogP contribution in [0.3, 0.4) is 0 Å². The Kier molecular flexibility index (Phi) is 5.79.